The van der Waals surface area contributed by atoms with Gasteiger partial charge in [0.2, 0.25) is 0 Å². The number of amides is 2. The lowest BCUT2D eigenvalue weighted by Crippen LogP contribution is -2.43. The number of nitrogens with one attached hydrogen (secondary N) is 1. The van der Waals surface area contributed by atoms with Crippen molar-refractivity contribution in [3.8, 4) is 0 Å². The number of piperidine rings is 1. The molecule has 0 aliphatic carbocycles. The van der Waals surface area contributed by atoms with Gasteiger partial charge in [0.1, 0.15) is 6.61 Å². The Morgan fingerprint density at radius 1 is 1.27 bits per heavy atom. The third-order valence-electron chi connectivity index (χ3n) is 2.33. The zero-order valence-corrected chi connectivity index (χ0v) is 9.12. The average Bonchev–Trinajstić information content (AvgIpc) is 2.25. The molecule has 15 heavy (non-hydrogen) atoms. The summed E-state index contributed by atoms with van der Waals surface area (Å²) in [7, 11) is 0. The van der Waals surface area contributed by atoms with Crippen molar-refractivity contribution in [2.45, 2.75) is 26.2 Å². The quantitative estimate of drug-likeness (QED) is 0.557. The van der Waals surface area contributed by atoms with Crippen LogP contribution in [0.2, 0.25) is 0 Å². The normalized spacial score (nSPS) is 15.9. The van der Waals surface area contributed by atoms with E-state index in [1.165, 1.54) is 13.3 Å². The number of rotatable bonds is 3. The molecule has 2 amide bonds. The molecule has 0 unspecified atom stereocenters. The van der Waals surface area contributed by atoms with Crippen molar-refractivity contribution in [2.75, 3.05) is 26.2 Å². The minimum atomic E-state index is -0.317. The highest BCUT2D eigenvalue weighted by atomic mass is 16.5. The molecular formula is C10H18N2O3. The van der Waals surface area contributed by atoms with Crippen LogP contribution in [-0.4, -0.2) is 43.1 Å². The second kappa shape index (κ2) is 6.27. The fourth-order valence-corrected chi connectivity index (χ4v) is 1.56. The van der Waals surface area contributed by atoms with Crippen molar-refractivity contribution in [1.82, 2.24) is 10.2 Å². The lowest BCUT2D eigenvalue weighted by molar-refractivity contribution is -0.140. The summed E-state index contributed by atoms with van der Waals surface area (Å²) < 4.78 is 4.71. The van der Waals surface area contributed by atoms with E-state index in [1.807, 2.05) is 0 Å². The maximum absolute atomic E-state index is 11.5. The fourth-order valence-electron chi connectivity index (χ4n) is 1.56. The first kappa shape index (κ1) is 11.8. The Balaban J connectivity index is 2.09. The zero-order chi connectivity index (χ0) is 11.1. The van der Waals surface area contributed by atoms with Crippen LogP contribution in [0.4, 0.5) is 4.79 Å². The summed E-state index contributed by atoms with van der Waals surface area (Å²) in [6.07, 6.45) is 3.37. The topological polar surface area (TPSA) is 58.6 Å². The highest BCUT2D eigenvalue weighted by Gasteiger charge is 2.15. The van der Waals surface area contributed by atoms with E-state index in [-0.39, 0.29) is 18.6 Å². The number of urea groups is 1. The van der Waals surface area contributed by atoms with Crippen molar-refractivity contribution < 1.29 is 14.3 Å². The number of carbonyl (C=O) groups excluding carboxylic acids is 2. The van der Waals surface area contributed by atoms with Crippen LogP contribution in [0.15, 0.2) is 0 Å². The molecule has 5 heteroatoms. The molecule has 1 rings (SSSR count). The molecule has 1 aliphatic rings. The van der Waals surface area contributed by atoms with Gasteiger partial charge < -0.3 is 15.0 Å². The highest BCUT2D eigenvalue weighted by molar-refractivity contribution is 5.74. The predicted octanol–water partition coefficient (Wildman–Crippen LogP) is 0.745. The Labute approximate surface area is 89.8 Å². The van der Waals surface area contributed by atoms with Crippen molar-refractivity contribution in [3.05, 3.63) is 0 Å². The van der Waals surface area contributed by atoms with Gasteiger partial charge >= 0.3 is 12.0 Å². The average molecular weight is 214 g/mol. The number of hydrogen-bond acceptors (Lipinski definition) is 3. The van der Waals surface area contributed by atoms with Gasteiger partial charge in [0, 0.05) is 20.0 Å². The Kier molecular flexibility index (Phi) is 4.93. The van der Waals surface area contributed by atoms with Crippen LogP contribution >= 0.6 is 0 Å². The summed E-state index contributed by atoms with van der Waals surface area (Å²) >= 11 is 0. The van der Waals surface area contributed by atoms with Gasteiger partial charge in [0.25, 0.3) is 0 Å². The molecule has 1 N–H and O–H groups in total. The first-order chi connectivity index (χ1) is 7.20. The van der Waals surface area contributed by atoms with Gasteiger partial charge in [0.15, 0.2) is 0 Å². The monoisotopic (exact) mass is 214 g/mol. The number of esters is 1. The maximum atomic E-state index is 11.5. The van der Waals surface area contributed by atoms with Gasteiger partial charge in [-0.3, -0.25) is 4.79 Å². The molecule has 1 saturated heterocycles. The van der Waals surface area contributed by atoms with Gasteiger partial charge in [-0.25, -0.2) is 4.79 Å². The first-order valence-corrected chi connectivity index (χ1v) is 5.36. The minimum Gasteiger partial charge on any atom is -0.464 e. The maximum Gasteiger partial charge on any atom is 0.317 e. The van der Waals surface area contributed by atoms with Crippen molar-refractivity contribution in [3.63, 3.8) is 0 Å². The van der Waals surface area contributed by atoms with Crippen LogP contribution < -0.4 is 5.32 Å². The molecule has 0 radical (unpaired) electrons. The molecule has 0 saturated carbocycles. The Bertz CT molecular complexity index is 225. The SMILES string of the molecule is CC(=O)OCCNC(=O)N1CCCCC1. The Morgan fingerprint density at radius 2 is 1.93 bits per heavy atom. The van der Waals surface area contributed by atoms with Gasteiger partial charge in [-0.15, -0.1) is 0 Å². The van der Waals surface area contributed by atoms with E-state index >= 15 is 0 Å². The van der Waals surface area contributed by atoms with Crippen molar-refractivity contribution >= 4 is 12.0 Å². The summed E-state index contributed by atoms with van der Waals surface area (Å²) in [4.78, 5) is 23.8. The molecule has 1 fully saturated rings. The molecule has 0 atom stereocenters. The van der Waals surface area contributed by atoms with Crippen molar-refractivity contribution in [2.24, 2.45) is 0 Å². The molecule has 0 aromatic rings. The molecule has 0 aromatic heterocycles. The van der Waals surface area contributed by atoms with E-state index in [9.17, 15) is 9.59 Å². The Morgan fingerprint density at radius 3 is 2.53 bits per heavy atom. The molecule has 0 spiro atoms. The van der Waals surface area contributed by atoms with Crippen molar-refractivity contribution in [1.29, 1.82) is 0 Å². The molecule has 0 bridgehead atoms. The van der Waals surface area contributed by atoms with Crippen LogP contribution in [-0.2, 0) is 9.53 Å². The van der Waals surface area contributed by atoms with E-state index in [2.05, 4.69) is 5.32 Å². The van der Waals surface area contributed by atoms with E-state index < -0.39 is 0 Å². The van der Waals surface area contributed by atoms with Gasteiger partial charge in [-0.05, 0) is 19.3 Å². The Hall–Kier alpha value is -1.26. The van der Waals surface area contributed by atoms with E-state index in [0.29, 0.717) is 6.54 Å². The number of likely N-dealkylation sites (tertiary alicyclic amines) is 1. The lowest BCUT2D eigenvalue weighted by atomic mass is 10.1. The van der Waals surface area contributed by atoms with Gasteiger partial charge in [-0.1, -0.05) is 0 Å². The number of nitrogens with zero attached hydrogens (tertiary/aromatic N) is 1. The molecule has 1 aliphatic heterocycles. The molecule has 1 heterocycles. The highest BCUT2D eigenvalue weighted by Crippen LogP contribution is 2.07. The smallest absolute Gasteiger partial charge is 0.317 e. The number of carbonyl (C=O) groups is 2. The van der Waals surface area contributed by atoms with E-state index in [4.69, 9.17) is 4.74 Å². The summed E-state index contributed by atoms with van der Waals surface area (Å²) in [6.45, 7) is 3.65. The largest absolute Gasteiger partial charge is 0.464 e. The minimum absolute atomic E-state index is 0.0538. The van der Waals surface area contributed by atoms with E-state index in [1.54, 1.807) is 4.90 Å². The molecular weight excluding hydrogens is 196 g/mol. The van der Waals surface area contributed by atoms with E-state index in [0.717, 1.165) is 25.9 Å². The third-order valence-corrected chi connectivity index (χ3v) is 2.33. The standard InChI is InChI=1S/C10H18N2O3/c1-9(13)15-8-5-11-10(14)12-6-3-2-4-7-12/h2-8H2,1H3,(H,11,14). The lowest BCUT2D eigenvalue weighted by Gasteiger charge is -2.26. The van der Waals surface area contributed by atoms with Crippen LogP contribution in [0, 0.1) is 0 Å². The summed E-state index contributed by atoms with van der Waals surface area (Å²) in [5.41, 5.74) is 0. The predicted molar refractivity (Wildman–Crippen MR) is 55.5 cm³/mol. The molecule has 0 aromatic carbocycles. The zero-order valence-electron chi connectivity index (χ0n) is 9.12. The second-order valence-electron chi connectivity index (χ2n) is 3.62. The van der Waals surface area contributed by atoms with Crippen LogP contribution in [0.1, 0.15) is 26.2 Å². The second-order valence-corrected chi connectivity index (χ2v) is 3.62. The summed E-state index contributed by atoms with van der Waals surface area (Å²) in [6, 6.07) is -0.0538. The summed E-state index contributed by atoms with van der Waals surface area (Å²) in [5, 5.41) is 2.72. The molecule has 86 valence electrons. The van der Waals surface area contributed by atoms with Gasteiger partial charge in [0.05, 0.1) is 6.54 Å². The van der Waals surface area contributed by atoms with Crippen LogP contribution in [0.5, 0.6) is 0 Å². The number of ether oxygens (including phenoxy) is 1. The fraction of sp³-hybridized carbons (Fsp3) is 0.800. The van der Waals surface area contributed by atoms with Crippen LogP contribution in [0.3, 0.4) is 0 Å². The molecule has 5 nitrogen and oxygen atoms in total. The van der Waals surface area contributed by atoms with Gasteiger partial charge in [-0.2, -0.15) is 0 Å². The number of hydrogen-bond donors (Lipinski definition) is 1. The summed E-state index contributed by atoms with van der Waals surface area (Å²) in [5.74, 6) is -0.317. The van der Waals surface area contributed by atoms with Crippen LogP contribution in [0.25, 0.3) is 0 Å². The first-order valence-electron chi connectivity index (χ1n) is 5.36. The third kappa shape index (κ3) is 4.67.